The summed E-state index contributed by atoms with van der Waals surface area (Å²) in [6.07, 6.45) is 2.66. The average molecular weight is 178 g/mol. The summed E-state index contributed by atoms with van der Waals surface area (Å²) >= 11 is 1.23. The largest absolute Gasteiger partial charge is 0.261 e. The molecule has 0 fully saturated rings. The molecule has 0 amide bonds. The van der Waals surface area contributed by atoms with Gasteiger partial charge in [0.1, 0.15) is 6.07 Å². The van der Waals surface area contributed by atoms with Crippen LogP contribution in [0.4, 0.5) is 4.39 Å². The lowest BCUT2D eigenvalue weighted by atomic mass is 10.2. The summed E-state index contributed by atoms with van der Waals surface area (Å²) in [5.41, 5.74) is 0.488. The lowest BCUT2D eigenvalue weighted by molar-refractivity contribution is 0.636. The number of halogens is 1. The molecule has 0 unspecified atom stereocenters. The molecule has 2 rings (SSSR count). The van der Waals surface area contributed by atoms with Gasteiger partial charge in [-0.1, -0.05) is 0 Å². The summed E-state index contributed by atoms with van der Waals surface area (Å²) in [5.74, 6) is -0.362. The Balaban J connectivity index is 2.91. The van der Waals surface area contributed by atoms with Crippen molar-refractivity contribution in [3.8, 4) is 6.07 Å². The fraction of sp³-hybridized carbons (Fsp3) is 0. The molecule has 4 heteroatoms. The maximum Gasteiger partial charge on any atom is 0.159 e. The highest BCUT2D eigenvalue weighted by molar-refractivity contribution is 7.17. The Labute approximate surface area is 71.9 Å². The van der Waals surface area contributed by atoms with Crippen LogP contribution in [0.25, 0.3) is 10.1 Å². The fourth-order valence-electron chi connectivity index (χ4n) is 1.00. The third-order valence-electron chi connectivity index (χ3n) is 1.56. The number of pyridine rings is 1. The molecule has 0 aliphatic carbocycles. The van der Waals surface area contributed by atoms with Gasteiger partial charge in [-0.15, -0.1) is 11.3 Å². The number of hydrogen-bond donors (Lipinski definition) is 0. The first-order valence-electron chi connectivity index (χ1n) is 3.23. The number of fused-ring (bicyclic) bond motifs is 1. The van der Waals surface area contributed by atoms with Gasteiger partial charge in [-0.25, -0.2) is 4.39 Å². The lowest BCUT2D eigenvalue weighted by Crippen LogP contribution is -1.77. The van der Waals surface area contributed by atoms with Crippen LogP contribution in [-0.2, 0) is 0 Å². The molecular weight excluding hydrogens is 175 g/mol. The number of aromatic nitrogens is 1. The van der Waals surface area contributed by atoms with Gasteiger partial charge in [-0.05, 0) is 0 Å². The Morgan fingerprint density at radius 1 is 1.50 bits per heavy atom. The van der Waals surface area contributed by atoms with Crippen molar-refractivity contribution >= 4 is 21.4 Å². The maximum absolute atomic E-state index is 13.0. The van der Waals surface area contributed by atoms with Gasteiger partial charge in [-0.3, -0.25) is 4.98 Å². The second kappa shape index (κ2) is 2.54. The van der Waals surface area contributed by atoms with E-state index in [0.717, 1.165) is 6.20 Å². The molecule has 2 heterocycles. The SMILES string of the molecule is N#Cc1csc2c(F)cncc12. The minimum atomic E-state index is -0.362. The molecule has 2 aromatic heterocycles. The summed E-state index contributed by atoms with van der Waals surface area (Å²) in [4.78, 5) is 3.67. The molecule has 2 nitrogen and oxygen atoms in total. The van der Waals surface area contributed by atoms with E-state index in [2.05, 4.69) is 4.98 Å². The summed E-state index contributed by atoms with van der Waals surface area (Å²) in [5, 5.41) is 10.9. The standard InChI is InChI=1S/C8H3FN2S/c9-7-3-11-2-6-5(1-10)4-12-8(6)7/h2-4H. The Kier molecular flexibility index (Phi) is 1.52. The highest BCUT2D eigenvalue weighted by Crippen LogP contribution is 2.26. The second-order valence-electron chi connectivity index (χ2n) is 2.26. The van der Waals surface area contributed by atoms with Crippen molar-refractivity contribution in [1.82, 2.24) is 4.98 Å². The molecule has 0 bridgehead atoms. The minimum Gasteiger partial charge on any atom is -0.261 e. The predicted octanol–water partition coefficient (Wildman–Crippen LogP) is 2.31. The molecule has 0 radical (unpaired) electrons. The highest BCUT2D eigenvalue weighted by atomic mass is 32.1. The van der Waals surface area contributed by atoms with Crippen molar-refractivity contribution in [2.75, 3.05) is 0 Å². The molecule has 0 spiro atoms. The van der Waals surface area contributed by atoms with Gasteiger partial charge in [0.15, 0.2) is 5.82 Å². The number of rotatable bonds is 0. The topological polar surface area (TPSA) is 36.7 Å². The molecule has 0 saturated carbocycles. The van der Waals surface area contributed by atoms with E-state index in [1.54, 1.807) is 5.38 Å². The van der Waals surface area contributed by atoms with E-state index < -0.39 is 0 Å². The Hall–Kier alpha value is -1.47. The van der Waals surface area contributed by atoms with Crippen LogP contribution in [0.15, 0.2) is 17.8 Å². The molecule has 0 aliphatic heterocycles. The molecule has 12 heavy (non-hydrogen) atoms. The smallest absolute Gasteiger partial charge is 0.159 e. The third-order valence-corrected chi connectivity index (χ3v) is 2.56. The first kappa shape index (κ1) is 7.19. The van der Waals surface area contributed by atoms with Crippen molar-refractivity contribution in [2.45, 2.75) is 0 Å². The maximum atomic E-state index is 13.0. The third kappa shape index (κ3) is 0.874. The van der Waals surface area contributed by atoms with Crippen molar-refractivity contribution < 1.29 is 4.39 Å². The van der Waals surface area contributed by atoms with E-state index in [-0.39, 0.29) is 5.82 Å². The van der Waals surface area contributed by atoms with Gasteiger partial charge >= 0.3 is 0 Å². The van der Waals surface area contributed by atoms with Crippen LogP contribution in [0.2, 0.25) is 0 Å². The van der Waals surface area contributed by atoms with Crippen molar-refractivity contribution in [3.63, 3.8) is 0 Å². The van der Waals surface area contributed by atoms with Gasteiger partial charge < -0.3 is 0 Å². The van der Waals surface area contributed by atoms with Crippen molar-refractivity contribution in [3.05, 3.63) is 29.2 Å². The van der Waals surface area contributed by atoms with Gasteiger partial charge in [0, 0.05) is 17.0 Å². The van der Waals surface area contributed by atoms with Crippen LogP contribution >= 0.6 is 11.3 Å². The van der Waals surface area contributed by atoms with Crippen LogP contribution in [0, 0.1) is 17.1 Å². The van der Waals surface area contributed by atoms with E-state index in [9.17, 15) is 4.39 Å². The minimum absolute atomic E-state index is 0.362. The number of hydrogen-bond acceptors (Lipinski definition) is 3. The second-order valence-corrected chi connectivity index (χ2v) is 3.14. The summed E-state index contributed by atoms with van der Waals surface area (Å²) in [6.45, 7) is 0. The van der Waals surface area contributed by atoms with Crippen LogP contribution in [0.3, 0.4) is 0 Å². The van der Waals surface area contributed by atoms with Crippen molar-refractivity contribution in [2.24, 2.45) is 0 Å². The lowest BCUT2D eigenvalue weighted by Gasteiger charge is -1.88. The van der Waals surface area contributed by atoms with E-state index >= 15 is 0 Å². The Morgan fingerprint density at radius 2 is 2.33 bits per heavy atom. The van der Waals surface area contributed by atoms with Crippen LogP contribution in [-0.4, -0.2) is 4.98 Å². The molecule has 0 N–H and O–H groups in total. The first-order chi connectivity index (χ1) is 5.83. The van der Waals surface area contributed by atoms with E-state index in [1.807, 2.05) is 6.07 Å². The zero-order valence-corrected chi connectivity index (χ0v) is 6.73. The Bertz CT molecular complexity index is 469. The quantitative estimate of drug-likeness (QED) is 0.620. The van der Waals surface area contributed by atoms with E-state index in [0.29, 0.717) is 15.6 Å². The van der Waals surface area contributed by atoms with Crippen LogP contribution in [0.5, 0.6) is 0 Å². The fourth-order valence-corrected chi connectivity index (χ4v) is 1.87. The molecule has 0 aliphatic rings. The molecular formula is C8H3FN2S. The molecule has 2 aromatic rings. The number of nitriles is 1. The molecule has 0 saturated heterocycles. The molecule has 0 aromatic carbocycles. The first-order valence-corrected chi connectivity index (χ1v) is 4.11. The normalized spacial score (nSPS) is 10.0. The highest BCUT2D eigenvalue weighted by Gasteiger charge is 2.06. The number of thiophene rings is 1. The van der Waals surface area contributed by atoms with Gasteiger partial charge in [0.2, 0.25) is 0 Å². The molecule has 0 atom stereocenters. The van der Waals surface area contributed by atoms with Gasteiger partial charge in [0.25, 0.3) is 0 Å². The Morgan fingerprint density at radius 3 is 3.08 bits per heavy atom. The van der Waals surface area contributed by atoms with E-state index in [4.69, 9.17) is 5.26 Å². The zero-order chi connectivity index (χ0) is 8.55. The summed E-state index contributed by atoms with van der Waals surface area (Å²) < 4.78 is 13.5. The van der Waals surface area contributed by atoms with Gasteiger partial charge in [-0.2, -0.15) is 5.26 Å². The predicted molar refractivity (Wildman–Crippen MR) is 44.3 cm³/mol. The average Bonchev–Trinajstić information content (AvgIpc) is 2.49. The van der Waals surface area contributed by atoms with E-state index in [1.165, 1.54) is 17.5 Å². The summed E-state index contributed by atoms with van der Waals surface area (Å²) in [6, 6.07) is 1.98. The number of nitrogens with zero attached hydrogens (tertiary/aromatic N) is 2. The van der Waals surface area contributed by atoms with Crippen LogP contribution in [0.1, 0.15) is 5.56 Å². The van der Waals surface area contributed by atoms with Crippen molar-refractivity contribution in [1.29, 1.82) is 5.26 Å². The monoisotopic (exact) mass is 178 g/mol. The molecule has 58 valence electrons. The summed E-state index contributed by atoms with van der Waals surface area (Å²) in [7, 11) is 0. The van der Waals surface area contributed by atoms with Gasteiger partial charge in [0.05, 0.1) is 16.5 Å². The van der Waals surface area contributed by atoms with Crippen LogP contribution < -0.4 is 0 Å². The zero-order valence-electron chi connectivity index (χ0n) is 5.91.